The van der Waals surface area contributed by atoms with Crippen molar-refractivity contribution >= 4 is 5.84 Å². The lowest BCUT2D eigenvalue weighted by molar-refractivity contribution is -0.0111. The van der Waals surface area contributed by atoms with E-state index in [1.165, 1.54) is 0 Å². The maximum Gasteiger partial charge on any atom is 0.171 e. The van der Waals surface area contributed by atoms with Gasteiger partial charge in [-0.15, -0.1) is 0 Å². The fourth-order valence-electron chi connectivity index (χ4n) is 1.99. The molecule has 0 spiro atoms. The Bertz CT molecular complexity index is 226. The predicted octanol–water partition coefficient (Wildman–Crippen LogP) is 1.72. The highest BCUT2D eigenvalue weighted by Gasteiger charge is 2.41. The summed E-state index contributed by atoms with van der Waals surface area (Å²) in [5, 5.41) is 11.8. The molecule has 0 aromatic rings. The van der Waals surface area contributed by atoms with E-state index in [2.05, 4.69) is 19.0 Å². The molecule has 1 aliphatic carbocycles. The van der Waals surface area contributed by atoms with Crippen molar-refractivity contribution in [2.45, 2.75) is 45.1 Å². The Morgan fingerprint density at radius 3 is 2.14 bits per heavy atom. The molecule has 0 atom stereocenters. The molecule has 0 unspecified atom stereocenters. The van der Waals surface area contributed by atoms with Crippen molar-refractivity contribution in [2.75, 3.05) is 7.11 Å². The molecule has 1 aliphatic rings. The molecule has 1 fully saturated rings. The Morgan fingerprint density at radius 1 is 1.29 bits per heavy atom. The van der Waals surface area contributed by atoms with Crippen LogP contribution in [0, 0.1) is 5.41 Å². The lowest BCUT2D eigenvalue weighted by Crippen LogP contribution is -2.49. The Balaban J connectivity index is 2.76. The van der Waals surface area contributed by atoms with E-state index in [0.29, 0.717) is 5.41 Å². The Hall–Kier alpha value is -0.770. The van der Waals surface area contributed by atoms with Crippen molar-refractivity contribution in [3.8, 4) is 0 Å². The van der Waals surface area contributed by atoms with E-state index >= 15 is 0 Å². The van der Waals surface area contributed by atoms with Gasteiger partial charge in [-0.05, 0) is 31.1 Å². The first-order valence-corrected chi connectivity index (χ1v) is 4.99. The number of hydrogen-bond donors (Lipinski definition) is 2. The molecular formula is C10H20N2O2. The Morgan fingerprint density at radius 2 is 1.79 bits per heavy atom. The number of amidine groups is 1. The molecule has 1 rings (SSSR count). The lowest BCUT2D eigenvalue weighted by Gasteiger charge is -2.41. The van der Waals surface area contributed by atoms with Gasteiger partial charge < -0.3 is 15.7 Å². The number of nitrogens with two attached hydrogens (primary N) is 1. The van der Waals surface area contributed by atoms with Gasteiger partial charge >= 0.3 is 0 Å². The smallest absolute Gasteiger partial charge is 0.171 e. The van der Waals surface area contributed by atoms with Gasteiger partial charge in [-0.25, -0.2) is 0 Å². The second-order valence-corrected chi connectivity index (χ2v) is 4.85. The zero-order valence-corrected chi connectivity index (χ0v) is 9.21. The summed E-state index contributed by atoms with van der Waals surface area (Å²) in [5.41, 5.74) is 5.46. The van der Waals surface area contributed by atoms with Gasteiger partial charge in [-0.3, -0.25) is 0 Å². The standard InChI is InChI=1S/C10H20N2O2/c1-9(2)4-6-10(14-3,7-5-9)8(11)12-13/h13H,4-7H2,1-3H3,(H2,11,12). The van der Waals surface area contributed by atoms with Crippen LogP contribution in [0.3, 0.4) is 0 Å². The SMILES string of the molecule is COC1(C(N)=NO)CCC(C)(C)CC1. The summed E-state index contributed by atoms with van der Waals surface area (Å²) in [6.45, 7) is 4.47. The number of ether oxygens (including phenoxy) is 1. The summed E-state index contributed by atoms with van der Waals surface area (Å²) in [6.07, 6.45) is 3.73. The Kier molecular flexibility index (Phi) is 3.04. The van der Waals surface area contributed by atoms with Crippen molar-refractivity contribution in [1.29, 1.82) is 0 Å². The first-order valence-electron chi connectivity index (χ1n) is 4.99. The zero-order valence-electron chi connectivity index (χ0n) is 9.21. The molecule has 4 heteroatoms. The third-order valence-electron chi connectivity index (χ3n) is 3.38. The van der Waals surface area contributed by atoms with Gasteiger partial charge in [0.05, 0.1) is 0 Å². The molecule has 0 aliphatic heterocycles. The molecular weight excluding hydrogens is 180 g/mol. The van der Waals surface area contributed by atoms with E-state index < -0.39 is 5.60 Å². The minimum atomic E-state index is -0.537. The highest BCUT2D eigenvalue weighted by molar-refractivity contribution is 5.88. The second kappa shape index (κ2) is 3.77. The fourth-order valence-corrected chi connectivity index (χ4v) is 1.99. The zero-order chi connectivity index (χ0) is 10.8. The van der Waals surface area contributed by atoms with E-state index in [-0.39, 0.29) is 5.84 Å². The quantitative estimate of drug-likeness (QED) is 0.308. The van der Waals surface area contributed by atoms with Gasteiger partial charge in [0.2, 0.25) is 0 Å². The van der Waals surface area contributed by atoms with Crippen molar-refractivity contribution < 1.29 is 9.94 Å². The van der Waals surface area contributed by atoms with Crippen LogP contribution in [0.15, 0.2) is 5.16 Å². The number of nitrogens with zero attached hydrogens (tertiary/aromatic N) is 1. The summed E-state index contributed by atoms with van der Waals surface area (Å²) in [5.74, 6) is 0.204. The predicted molar refractivity (Wildman–Crippen MR) is 55.4 cm³/mol. The lowest BCUT2D eigenvalue weighted by atomic mass is 9.70. The summed E-state index contributed by atoms with van der Waals surface area (Å²) in [7, 11) is 1.62. The molecule has 3 N–H and O–H groups in total. The molecule has 0 amide bonds. The maximum atomic E-state index is 8.70. The molecule has 0 bridgehead atoms. The monoisotopic (exact) mass is 200 g/mol. The van der Waals surface area contributed by atoms with Crippen molar-refractivity contribution in [3.63, 3.8) is 0 Å². The molecule has 1 saturated carbocycles. The van der Waals surface area contributed by atoms with E-state index in [1.54, 1.807) is 7.11 Å². The number of oxime groups is 1. The average Bonchev–Trinajstić information content (AvgIpc) is 2.18. The second-order valence-electron chi connectivity index (χ2n) is 4.85. The van der Waals surface area contributed by atoms with Gasteiger partial charge in [0.25, 0.3) is 0 Å². The molecule has 82 valence electrons. The third kappa shape index (κ3) is 2.00. The van der Waals surface area contributed by atoms with Gasteiger partial charge in [-0.1, -0.05) is 19.0 Å². The van der Waals surface area contributed by atoms with Gasteiger partial charge in [-0.2, -0.15) is 0 Å². The van der Waals surface area contributed by atoms with Crippen LogP contribution < -0.4 is 5.73 Å². The van der Waals surface area contributed by atoms with Crippen molar-refractivity contribution in [2.24, 2.45) is 16.3 Å². The van der Waals surface area contributed by atoms with Crippen LogP contribution in [-0.4, -0.2) is 23.8 Å². The first kappa shape index (κ1) is 11.3. The molecule has 14 heavy (non-hydrogen) atoms. The van der Waals surface area contributed by atoms with Crippen LogP contribution in [0.4, 0.5) is 0 Å². The molecule has 0 radical (unpaired) electrons. The fraction of sp³-hybridized carbons (Fsp3) is 0.900. The Labute approximate surface area is 85.1 Å². The van der Waals surface area contributed by atoms with Crippen LogP contribution in [-0.2, 0) is 4.74 Å². The van der Waals surface area contributed by atoms with Crippen LogP contribution in [0.5, 0.6) is 0 Å². The summed E-state index contributed by atoms with van der Waals surface area (Å²) in [4.78, 5) is 0. The maximum absolute atomic E-state index is 8.70. The highest BCUT2D eigenvalue weighted by atomic mass is 16.5. The van der Waals surface area contributed by atoms with E-state index in [0.717, 1.165) is 25.7 Å². The topological polar surface area (TPSA) is 67.8 Å². The van der Waals surface area contributed by atoms with Crippen LogP contribution in [0.2, 0.25) is 0 Å². The largest absolute Gasteiger partial charge is 0.409 e. The molecule has 0 saturated heterocycles. The first-order chi connectivity index (χ1) is 6.46. The minimum Gasteiger partial charge on any atom is -0.409 e. The highest BCUT2D eigenvalue weighted by Crippen LogP contribution is 2.41. The molecule has 0 heterocycles. The number of rotatable bonds is 2. The van der Waals surface area contributed by atoms with E-state index in [1.807, 2.05) is 0 Å². The van der Waals surface area contributed by atoms with Gasteiger partial charge in [0, 0.05) is 7.11 Å². The van der Waals surface area contributed by atoms with Gasteiger partial charge in [0.15, 0.2) is 5.84 Å². The molecule has 0 aromatic carbocycles. The summed E-state index contributed by atoms with van der Waals surface area (Å²) in [6, 6.07) is 0. The third-order valence-corrected chi connectivity index (χ3v) is 3.38. The van der Waals surface area contributed by atoms with Crippen molar-refractivity contribution in [3.05, 3.63) is 0 Å². The van der Waals surface area contributed by atoms with Gasteiger partial charge in [0.1, 0.15) is 5.60 Å². The number of methoxy groups -OCH3 is 1. The minimum absolute atomic E-state index is 0.204. The van der Waals surface area contributed by atoms with E-state index in [9.17, 15) is 0 Å². The molecule has 0 aromatic heterocycles. The van der Waals surface area contributed by atoms with Crippen LogP contribution in [0.1, 0.15) is 39.5 Å². The summed E-state index contributed by atoms with van der Waals surface area (Å²) >= 11 is 0. The van der Waals surface area contributed by atoms with Crippen LogP contribution in [0.25, 0.3) is 0 Å². The van der Waals surface area contributed by atoms with Crippen LogP contribution >= 0.6 is 0 Å². The van der Waals surface area contributed by atoms with E-state index in [4.69, 9.17) is 15.7 Å². The average molecular weight is 200 g/mol. The summed E-state index contributed by atoms with van der Waals surface area (Å²) < 4.78 is 5.41. The molecule has 4 nitrogen and oxygen atoms in total. The normalized spacial score (nSPS) is 26.1. The number of hydrogen-bond acceptors (Lipinski definition) is 3. The van der Waals surface area contributed by atoms with Crippen molar-refractivity contribution in [1.82, 2.24) is 0 Å².